The first-order valence-electron chi connectivity index (χ1n) is 9.15. The van der Waals surface area contributed by atoms with E-state index in [-0.39, 0.29) is 5.91 Å². The number of benzene rings is 2. The molecule has 0 aliphatic heterocycles. The van der Waals surface area contributed by atoms with Crippen LogP contribution in [0.4, 0.5) is 0 Å². The molecule has 140 valence electrons. The van der Waals surface area contributed by atoms with E-state index in [1.807, 2.05) is 73.0 Å². The Morgan fingerprint density at radius 3 is 2.57 bits per heavy atom. The van der Waals surface area contributed by atoms with Crippen LogP contribution in [0, 0.1) is 13.8 Å². The Morgan fingerprint density at radius 2 is 1.86 bits per heavy atom. The fraction of sp³-hybridized carbons (Fsp3) is 0.130. The van der Waals surface area contributed by atoms with E-state index in [1.165, 1.54) is 5.56 Å². The highest BCUT2D eigenvalue weighted by Crippen LogP contribution is 2.27. The number of amides is 1. The standard InChI is InChI=1S/C23H21N3OS/c1-16-10-11-20(17(2)13-16)26-21(14-19(25-26)22-9-6-12-28-22)23(27)24-15-18-7-4-3-5-8-18/h3-14H,15H2,1-2H3,(H,24,27). The number of carbonyl (C=O) groups excluding carboxylic acids is 1. The van der Waals surface area contributed by atoms with Crippen molar-refractivity contribution in [2.75, 3.05) is 0 Å². The van der Waals surface area contributed by atoms with E-state index in [1.54, 1.807) is 16.0 Å². The van der Waals surface area contributed by atoms with E-state index < -0.39 is 0 Å². The molecule has 2 aromatic heterocycles. The van der Waals surface area contributed by atoms with Crippen molar-refractivity contribution in [1.82, 2.24) is 15.1 Å². The molecule has 0 bridgehead atoms. The molecule has 4 aromatic rings. The van der Waals surface area contributed by atoms with Crippen molar-refractivity contribution in [2.24, 2.45) is 0 Å². The smallest absolute Gasteiger partial charge is 0.270 e. The van der Waals surface area contributed by atoms with Gasteiger partial charge in [-0.25, -0.2) is 4.68 Å². The number of carbonyl (C=O) groups is 1. The summed E-state index contributed by atoms with van der Waals surface area (Å²) in [4.78, 5) is 14.0. The van der Waals surface area contributed by atoms with Crippen molar-refractivity contribution in [1.29, 1.82) is 0 Å². The Hall–Kier alpha value is -3.18. The van der Waals surface area contributed by atoms with E-state index in [4.69, 9.17) is 5.10 Å². The molecular weight excluding hydrogens is 366 g/mol. The molecule has 0 aliphatic rings. The van der Waals surface area contributed by atoms with E-state index in [0.29, 0.717) is 12.2 Å². The minimum atomic E-state index is -0.140. The maximum absolute atomic E-state index is 13.0. The highest BCUT2D eigenvalue weighted by Gasteiger charge is 2.19. The van der Waals surface area contributed by atoms with Gasteiger partial charge in [-0.3, -0.25) is 4.79 Å². The highest BCUT2D eigenvalue weighted by atomic mass is 32.1. The van der Waals surface area contributed by atoms with Crippen molar-refractivity contribution < 1.29 is 4.79 Å². The highest BCUT2D eigenvalue weighted by molar-refractivity contribution is 7.13. The van der Waals surface area contributed by atoms with Crippen molar-refractivity contribution in [2.45, 2.75) is 20.4 Å². The summed E-state index contributed by atoms with van der Waals surface area (Å²) >= 11 is 1.61. The van der Waals surface area contributed by atoms with Crippen LogP contribution in [0.2, 0.25) is 0 Å². The van der Waals surface area contributed by atoms with Crippen LogP contribution in [0.25, 0.3) is 16.3 Å². The van der Waals surface area contributed by atoms with Gasteiger partial charge in [0.1, 0.15) is 11.4 Å². The lowest BCUT2D eigenvalue weighted by atomic mass is 10.1. The molecule has 2 heterocycles. The quantitative estimate of drug-likeness (QED) is 0.515. The van der Waals surface area contributed by atoms with Crippen LogP contribution in [-0.4, -0.2) is 15.7 Å². The second-order valence-corrected chi connectivity index (χ2v) is 7.71. The summed E-state index contributed by atoms with van der Waals surface area (Å²) in [6.07, 6.45) is 0. The number of aryl methyl sites for hydroxylation is 2. The lowest BCUT2D eigenvalue weighted by molar-refractivity contribution is 0.0943. The van der Waals surface area contributed by atoms with E-state index in [9.17, 15) is 4.79 Å². The van der Waals surface area contributed by atoms with Crippen molar-refractivity contribution in [3.63, 3.8) is 0 Å². The lowest BCUT2D eigenvalue weighted by Gasteiger charge is -2.11. The van der Waals surface area contributed by atoms with Crippen LogP contribution in [-0.2, 0) is 6.54 Å². The van der Waals surface area contributed by atoms with Crippen LogP contribution < -0.4 is 5.32 Å². The third-order valence-electron chi connectivity index (χ3n) is 4.59. The number of nitrogens with zero attached hydrogens (tertiary/aromatic N) is 2. The number of hydrogen-bond acceptors (Lipinski definition) is 3. The number of rotatable bonds is 5. The van der Waals surface area contributed by atoms with Gasteiger partial charge in [-0.1, -0.05) is 54.1 Å². The number of thiophene rings is 1. The van der Waals surface area contributed by atoms with E-state index >= 15 is 0 Å². The summed E-state index contributed by atoms with van der Waals surface area (Å²) in [5.41, 5.74) is 5.58. The molecule has 4 nitrogen and oxygen atoms in total. The minimum Gasteiger partial charge on any atom is -0.347 e. The van der Waals surface area contributed by atoms with E-state index in [0.717, 1.165) is 27.4 Å². The Labute approximate surface area is 168 Å². The molecule has 0 unspecified atom stereocenters. The SMILES string of the molecule is Cc1ccc(-n2nc(-c3cccs3)cc2C(=O)NCc2ccccc2)c(C)c1. The molecule has 0 saturated heterocycles. The van der Waals surface area contributed by atoms with Crippen LogP contribution in [0.1, 0.15) is 27.2 Å². The van der Waals surface area contributed by atoms with Crippen molar-refractivity contribution in [3.8, 4) is 16.3 Å². The zero-order chi connectivity index (χ0) is 19.5. The average molecular weight is 388 g/mol. The van der Waals surface area contributed by atoms with Gasteiger partial charge in [-0.2, -0.15) is 5.10 Å². The summed E-state index contributed by atoms with van der Waals surface area (Å²) in [7, 11) is 0. The Balaban J connectivity index is 1.71. The largest absolute Gasteiger partial charge is 0.347 e. The van der Waals surface area contributed by atoms with Crippen LogP contribution in [0.5, 0.6) is 0 Å². The van der Waals surface area contributed by atoms with Gasteiger partial charge in [0, 0.05) is 6.54 Å². The molecule has 0 spiro atoms. The fourth-order valence-electron chi connectivity index (χ4n) is 3.18. The lowest BCUT2D eigenvalue weighted by Crippen LogP contribution is -2.25. The summed E-state index contributed by atoms with van der Waals surface area (Å²) in [6.45, 7) is 4.58. The first kappa shape index (κ1) is 18.2. The molecule has 0 atom stereocenters. The second kappa shape index (κ2) is 7.82. The number of aromatic nitrogens is 2. The maximum Gasteiger partial charge on any atom is 0.270 e. The summed E-state index contributed by atoms with van der Waals surface area (Å²) in [5, 5.41) is 9.79. The van der Waals surface area contributed by atoms with Gasteiger partial charge in [-0.15, -0.1) is 11.3 Å². The monoisotopic (exact) mass is 387 g/mol. The van der Waals surface area contributed by atoms with Crippen LogP contribution in [0.15, 0.2) is 72.1 Å². The summed E-state index contributed by atoms with van der Waals surface area (Å²) in [5.74, 6) is -0.140. The average Bonchev–Trinajstić information content (AvgIpc) is 3.37. The molecule has 0 saturated carbocycles. The third kappa shape index (κ3) is 3.75. The Morgan fingerprint density at radius 1 is 1.04 bits per heavy atom. The van der Waals surface area contributed by atoms with Crippen molar-refractivity contribution in [3.05, 3.63) is 94.5 Å². The third-order valence-corrected chi connectivity index (χ3v) is 5.48. The van der Waals surface area contributed by atoms with Gasteiger partial charge in [0.05, 0.1) is 10.6 Å². The Kier molecular flexibility index (Phi) is 5.08. The second-order valence-electron chi connectivity index (χ2n) is 6.76. The number of nitrogens with one attached hydrogen (secondary N) is 1. The van der Waals surface area contributed by atoms with E-state index in [2.05, 4.69) is 18.3 Å². The zero-order valence-corrected chi connectivity index (χ0v) is 16.7. The van der Waals surface area contributed by atoms with Gasteiger partial charge in [0.25, 0.3) is 5.91 Å². The fourth-order valence-corrected chi connectivity index (χ4v) is 3.86. The predicted octanol–water partition coefficient (Wildman–Crippen LogP) is 5.15. The minimum absolute atomic E-state index is 0.140. The molecule has 1 amide bonds. The molecular formula is C23H21N3OS. The Bertz CT molecular complexity index is 1100. The van der Waals surface area contributed by atoms with Crippen LogP contribution in [0.3, 0.4) is 0 Å². The summed E-state index contributed by atoms with van der Waals surface area (Å²) < 4.78 is 1.75. The first-order chi connectivity index (χ1) is 13.6. The zero-order valence-electron chi connectivity index (χ0n) is 15.8. The summed E-state index contributed by atoms with van der Waals surface area (Å²) in [6, 6.07) is 21.9. The molecule has 2 aromatic carbocycles. The van der Waals surface area contributed by atoms with Crippen LogP contribution >= 0.6 is 11.3 Å². The normalized spacial score (nSPS) is 10.8. The van der Waals surface area contributed by atoms with Gasteiger partial charge < -0.3 is 5.32 Å². The van der Waals surface area contributed by atoms with Gasteiger partial charge in [0.15, 0.2) is 0 Å². The molecule has 0 radical (unpaired) electrons. The molecule has 0 fully saturated rings. The predicted molar refractivity (Wildman–Crippen MR) is 114 cm³/mol. The maximum atomic E-state index is 13.0. The van der Waals surface area contributed by atoms with Gasteiger partial charge in [-0.05, 0) is 48.6 Å². The van der Waals surface area contributed by atoms with Crippen molar-refractivity contribution >= 4 is 17.2 Å². The molecule has 4 rings (SSSR count). The molecule has 0 aliphatic carbocycles. The first-order valence-corrected chi connectivity index (χ1v) is 10.0. The number of hydrogen-bond donors (Lipinski definition) is 1. The van der Waals surface area contributed by atoms with Gasteiger partial charge >= 0.3 is 0 Å². The molecule has 1 N–H and O–H groups in total. The topological polar surface area (TPSA) is 46.9 Å². The van der Waals surface area contributed by atoms with Gasteiger partial charge in [0.2, 0.25) is 0 Å². The molecule has 5 heteroatoms. The molecule has 28 heavy (non-hydrogen) atoms.